The minimum atomic E-state index is -0.556. The van der Waals surface area contributed by atoms with E-state index in [2.05, 4.69) is 65.6 Å². The number of fused-ring (bicyclic) bond motifs is 1. The molecule has 1 aromatic carbocycles. The summed E-state index contributed by atoms with van der Waals surface area (Å²) >= 11 is 0. The molecule has 2 aliphatic heterocycles. The van der Waals surface area contributed by atoms with Gasteiger partial charge in [0.25, 0.3) is 0 Å². The first-order chi connectivity index (χ1) is 15.9. The first-order valence-corrected chi connectivity index (χ1v) is 11.7. The lowest BCUT2D eigenvalue weighted by Gasteiger charge is -2.47. The number of hydrogen-bond acceptors (Lipinski definition) is 6. The molecule has 6 heteroatoms. The molecular formula is C27H30N4O2. The average molecular weight is 443 g/mol. The number of carbonyl (C=O) groups is 1. The number of aliphatic hydroxyl groups excluding tert-OH is 1. The van der Waals surface area contributed by atoms with Crippen molar-refractivity contribution in [3.05, 3.63) is 76.9 Å². The van der Waals surface area contributed by atoms with Crippen LogP contribution in [0.2, 0.25) is 0 Å². The lowest BCUT2D eigenvalue weighted by molar-refractivity contribution is -0.119. The van der Waals surface area contributed by atoms with Crippen molar-refractivity contribution in [2.24, 2.45) is 15.6 Å². The van der Waals surface area contributed by atoms with E-state index in [0.717, 1.165) is 52.1 Å². The number of nitrogens with zero attached hydrogens (tertiary/aromatic N) is 3. The Morgan fingerprint density at radius 1 is 1.15 bits per heavy atom. The molecule has 170 valence electrons. The summed E-state index contributed by atoms with van der Waals surface area (Å²) in [7, 11) is 0. The lowest BCUT2D eigenvalue weighted by atomic mass is 9.58. The van der Waals surface area contributed by atoms with Gasteiger partial charge in [-0.2, -0.15) is 10.2 Å². The number of Topliss-reactive ketones (excluding diaryl/α,β-unsaturated/α-hetero) is 1. The van der Waals surface area contributed by atoms with Crippen molar-refractivity contribution in [3.63, 3.8) is 0 Å². The van der Waals surface area contributed by atoms with Crippen molar-refractivity contribution in [1.29, 1.82) is 0 Å². The number of aromatic nitrogens is 1. The second-order valence-electron chi connectivity index (χ2n) is 10.0. The van der Waals surface area contributed by atoms with Crippen molar-refractivity contribution in [2.45, 2.75) is 58.0 Å². The normalized spacial score (nSPS) is 25.4. The maximum atomic E-state index is 13.6. The number of azo groups is 1. The summed E-state index contributed by atoms with van der Waals surface area (Å²) in [6, 6.07) is 12.5. The third-order valence-electron chi connectivity index (χ3n) is 7.18. The SMILES string of the molecule is CC[C@@]1(c2cccc(-c3ccnc(CCO)c3)c2)C2=CN=NC2NC2=C1C(=O)CC(C)(C)C2. The fourth-order valence-corrected chi connectivity index (χ4v) is 5.76. The maximum Gasteiger partial charge on any atom is 0.164 e. The van der Waals surface area contributed by atoms with Crippen LogP contribution in [0.1, 0.15) is 51.3 Å². The van der Waals surface area contributed by atoms with E-state index in [0.29, 0.717) is 12.8 Å². The smallest absolute Gasteiger partial charge is 0.164 e. The van der Waals surface area contributed by atoms with Gasteiger partial charge >= 0.3 is 0 Å². The van der Waals surface area contributed by atoms with E-state index in [1.807, 2.05) is 18.3 Å². The minimum absolute atomic E-state index is 0.0698. The van der Waals surface area contributed by atoms with E-state index in [-0.39, 0.29) is 24.0 Å². The molecule has 0 saturated carbocycles. The van der Waals surface area contributed by atoms with Crippen LogP contribution in [0, 0.1) is 5.41 Å². The molecule has 2 atom stereocenters. The number of nitrogens with one attached hydrogen (secondary N) is 1. The summed E-state index contributed by atoms with van der Waals surface area (Å²) in [5, 5.41) is 21.5. The monoisotopic (exact) mass is 442 g/mol. The number of rotatable bonds is 5. The molecule has 0 spiro atoms. The van der Waals surface area contributed by atoms with Gasteiger partial charge in [-0.3, -0.25) is 9.78 Å². The zero-order valence-corrected chi connectivity index (χ0v) is 19.4. The molecule has 1 unspecified atom stereocenters. The van der Waals surface area contributed by atoms with Crippen LogP contribution in [0.3, 0.4) is 0 Å². The Kier molecular flexibility index (Phi) is 5.28. The Balaban J connectivity index is 1.69. The van der Waals surface area contributed by atoms with Crippen LogP contribution in [0.25, 0.3) is 11.1 Å². The Hall–Kier alpha value is -3.12. The number of benzene rings is 1. The molecule has 5 rings (SSSR count). The van der Waals surface area contributed by atoms with Gasteiger partial charge in [-0.05, 0) is 53.1 Å². The predicted octanol–water partition coefficient (Wildman–Crippen LogP) is 4.85. The third-order valence-corrected chi connectivity index (χ3v) is 7.18. The summed E-state index contributed by atoms with van der Waals surface area (Å²) in [5.74, 6) is 0.210. The predicted molar refractivity (Wildman–Crippen MR) is 127 cm³/mol. The largest absolute Gasteiger partial charge is 0.396 e. The lowest BCUT2D eigenvalue weighted by Crippen LogP contribution is -2.51. The van der Waals surface area contributed by atoms with E-state index in [1.165, 1.54) is 0 Å². The molecule has 2 aromatic rings. The molecule has 2 N–H and O–H groups in total. The number of carbonyl (C=O) groups excluding carboxylic acids is 1. The first-order valence-electron chi connectivity index (χ1n) is 11.7. The van der Waals surface area contributed by atoms with Gasteiger partial charge in [0.1, 0.15) is 0 Å². The summed E-state index contributed by atoms with van der Waals surface area (Å²) in [4.78, 5) is 18.0. The number of ketones is 1. The topological polar surface area (TPSA) is 86.9 Å². The molecular weight excluding hydrogens is 412 g/mol. The van der Waals surface area contributed by atoms with Crippen LogP contribution in [0.4, 0.5) is 0 Å². The van der Waals surface area contributed by atoms with Gasteiger partial charge in [0, 0.05) is 48.2 Å². The molecule has 3 aliphatic rings. The van der Waals surface area contributed by atoms with Gasteiger partial charge in [0.2, 0.25) is 0 Å². The van der Waals surface area contributed by atoms with Crippen LogP contribution in [-0.4, -0.2) is 28.6 Å². The molecule has 0 fully saturated rings. The highest BCUT2D eigenvalue weighted by Crippen LogP contribution is 2.53. The van der Waals surface area contributed by atoms with E-state index in [9.17, 15) is 9.90 Å². The zero-order valence-electron chi connectivity index (χ0n) is 19.4. The highest BCUT2D eigenvalue weighted by atomic mass is 16.3. The van der Waals surface area contributed by atoms with Gasteiger partial charge in [0.15, 0.2) is 11.9 Å². The average Bonchev–Trinajstić information content (AvgIpc) is 3.26. The third kappa shape index (κ3) is 3.53. The van der Waals surface area contributed by atoms with Gasteiger partial charge in [-0.15, -0.1) is 0 Å². The van der Waals surface area contributed by atoms with Gasteiger partial charge in [0.05, 0.1) is 11.6 Å². The number of allylic oxidation sites excluding steroid dienone is 2. The van der Waals surface area contributed by atoms with Crippen LogP contribution in [0.15, 0.2) is 75.9 Å². The Labute approximate surface area is 194 Å². The Morgan fingerprint density at radius 3 is 2.76 bits per heavy atom. The number of aliphatic hydroxyl groups is 1. The highest BCUT2D eigenvalue weighted by Gasteiger charge is 2.52. The van der Waals surface area contributed by atoms with Crippen molar-refractivity contribution < 1.29 is 9.90 Å². The molecule has 0 saturated heterocycles. The summed E-state index contributed by atoms with van der Waals surface area (Å²) in [6.07, 6.45) is 6.04. The van der Waals surface area contributed by atoms with Crippen LogP contribution < -0.4 is 5.32 Å². The Morgan fingerprint density at radius 2 is 1.97 bits per heavy atom. The van der Waals surface area contributed by atoms with E-state index >= 15 is 0 Å². The number of pyridine rings is 1. The van der Waals surface area contributed by atoms with Gasteiger partial charge in [-0.1, -0.05) is 39.0 Å². The van der Waals surface area contributed by atoms with E-state index < -0.39 is 5.41 Å². The summed E-state index contributed by atoms with van der Waals surface area (Å²) < 4.78 is 0. The molecule has 33 heavy (non-hydrogen) atoms. The second kappa shape index (κ2) is 8.03. The fraction of sp³-hybridized carbons (Fsp3) is 0.407. The van der Waals surface area contributed by atoms with Crippen molar-refractivity contribution >= 4 is 5.78 Å². The molecule has 0 bridgehead atoms. The standard InChI is InChI=1S/C27H30N4O2/c1-4-27(19-7-5-6-17(12-19)18-8-10-28-20(13-18)9-11-32)21-16-29-31-25(21)30-22-14-26(2,3)15-23(33)24(22)27/h5-8,10,12-13,16,25,30,32H,4,9,11,14-15H2,1-3H3/t25?,27-/m1/s1. The van der Waals surface area contributed by atoms with Crippen molar-refractivity contribution in [1.82, 2.24) is 10.3 Å². The molecule has 6 nitrogen and oxygen atoms in total. The van der Waals surface area contributed by atoms with E-state index in [1.54, 1.807) is 6.20 Å². The summed E-state index contributed by atoms with van der Waals surface area (Å²) in [5.41, 5.74) is 6.37. The molecule has 0 amide bonds. The zero-order chi connectivity index (χ0) is 23.2. The van der Waals surface area contributed by atoms with Crippen LogP contribution in [0.5, 0.6) is 0 Å². The van der Waals surface area contributed by atoms with Crippen molar-refractivity contribution in [2.75, 3.05) is 6.61 Å². The fourth-order valence-electron chi connectivity index (χ4n) is 5.76. The highest BCUT2D eigenvalue weighted by molar-refractivity contribution is 6.01. The number of hydrogen-bond donors (Lipinski definition) is 2. The molecule has 0 radical (unpaired) electrons. The van der Waals surface area contributed by atoms with Crippen LogP contribution >= 0.6 is 0 Å². The van der Waals surface area contributed by atoms with Gasteiger partial charge in [-0.25, -0.2) is 0 Å². The van der Waals surface area contributed by atoms with Gasteiger partial charge < -0.3 is 10.4 Å². The molecule has 1 aliphatic carbocycles. The molecule has 1 aromatic heterocycles. The maximum absolute atomic E-state index is 13.6. The van der Waals surface area contributed by atoms with E-state index in [4.69, 9.17) is 0 Å². The quantitative estimate of drug-likeness (QED) is 0.693. The van der Waals surface area contributed by atoms with Crippen LogP contribution in [-0.2, 0) is 16.6 Å². The Bertz CT molecular complexity index is 1210. The minimum Gasteiger partial charge on any atom is -0.396 e. The summed E-state index contributed by atoms with van der Waals surface area (Å²) in [6.45, 7) is 6.52. The molecule has 3 heterocycles. The van der Waals surface area contributed by atoms with Crippen molar-refractivity contribution in [3.8, 4) is 11.1 Å². The second-order valence-corrected chi connectivity index (χ2v) is 10.0. The first kappa shape index (κ1) is 21.7.